The van der Waals surface area contributed by atoms with E-state index in [0.717, 1.165) is 11.1 Å². The highest BCUT2D eigenvalue weighted by atomic mass is 16.5. The van der Waals surface area contributed by atoms with E-state index in [0.29, 0.717) is 11.1 Å². The Hall–Kier alpha value is -2.10. The van der Waals surface area contributed by atoms with Crippen LogP contribution in [0.4, 0.5) is 0 Å². The van der Waals surface area contributed by atoms with Crippen LogP contribution >= 0.6 is 0 Å². The molecule has 19 heavy (non-hydrogen) atoms. The second-order valence-corrected chi connectivity index (χ2v) is 4.68. The Morgan fingerprint density at radius 2 is 1.79 bits per heavy atom. The third-order valence-electron chi connectivity index (χ3n) is 2.92. The molecule has 1 N–H and O–H groups in total. The molecule has 0 aliphatic carbocycles. The first-order chi connectivity index (χ1) is 8.79. The van der Waals surface area contributed by atoms with Gasteiger partial charge < -0.3 is 9.84 Å². The van der Waals surface area contributed by atoms with E-state index in [2.05, 4.69) is 0 Å². The summed E-state index contributed by atoms with van der Waals surface area (Å²) in [6, 6.07) is 1.81. The van der Waals surface area contributed by atoms with Gasteiger partial charge in [-0.3, -0.25) is 0 Å². The van der Waals surface area contributed by atoms with Crippen molar-refractivity contribution in [2.45, 2.75) is 27.7 Å². The van der Waals surface area contributed by atoms with Crippen molar-refractivity contribution in [1.29, 1.82) is 0 Å². The number of carbonyl (C=O) groups excluding carboxylic acids is 1. The highest BCUT2D eigenvalue weighted by molar-refractivity contribution is 6.06. The molecule has 0 radical (unpaired) electrons. The average molecular weight is 262 g/mol. The summed E-state index contributed by atoms with van der Waals surface area (Å²) < 4.78 is 4.71. The molecular weight excluding hydrogens is 244 g/mol. The minimum atomic E-state index is -1.12. The van der Waals surface area contributed by atoms with Crippen molar-refractivity contribution in [1.82, 2.24) is 0 Å². The molecule has 0 heterocycles. The molecule has 0 aliphatic heterocycles. The summed E-state index contributed by atoms with van der Waals surface area (Å²) in [6.45, 7) is 7.29. The number of carboxylic acids is 1. The van der Waals surface area contributed by atoms with E-state index in [9.17, 15) is 14.7 Å². The molecule has 1 aromatic rings. The van der Waals surface area contributed by atoms with E-state index in [-0.39, 0.29) is 11.1 Å². The first-order valence-corrected chi connectivity index (χ1v) is 5.90. The maximum absolute atomic E-state index is 11.9. The third-order valence-corrected chi connectivity index (χ3v) is 2.92. The fraction of sp³-hybridized carbons (Fsp3) is 0.333. The van der Waals surface area contributed by atoms with Gasteiger partial charge in [0.1, 0.15) is 0 Å². The van der Waals surface area contributed by atoms with Crippen molar-refractivity contribution in [2.75, 3.05) is 7.11 Å². The molecule has 0 atom stereocenters. The number of esters is 1. The normalized spacial score (nSPS) is 9.95. The van der Waals surface area contributed by atoms with Gasteiger partial charge in [0.05, 0.1) is 18.2 Å². The van der Waals surface area contributed by atoms with Gasteiger partial charge in [-0.05, 0) is 44.4 Å². The number of rotatable bonds is 3. The van der Waals surface area contributed by atoms with E-state index < -0.39 is 11.9 Å². The Kier molecular flexibility index (Phi) is 4.48. The van der Waals surface area contributed by atoms with Gasteiger partial charge in [0.2, 0.25) is 0 Å². The van der Waals surface area contributed by atoms with Crippen molar-refractivity contribution < 1.29 is 19.4 Å². The van der Waals surface area contributed by atoms with Gasteiger partial charge in [0.15, 0.2) is 0 Å². The first kappa shape index (κ1) is 15.0. The van der Waals surface area contributed by atoms with Crippen LogP contribution in [0.1, 0.15) is 51.3 Å². The summed E-state index contributed by atoms with van der Waals surface area (Å²) in [5.74, 6) is -1.75. The summed E-state index contributed by atoms with van der Waals surface area (Å²) >= 11 is 0. The molecule has 0 aliphatic rings. The first-order valence-electron chi connectivity index (χ1n) is 5.90. The summed E-state index contributed by atoms with van der Waals surface area (Å²) in [5, 5.41) is 9.35. The van der Waals surface area contributed by atoms with Crippen molar-refractivity contribution >= 4 is 18.0 Å². The van der Waals surface area contributed by atoms with Crippen molar-refractivity contribution in [3.05, 3.63) is 39.5 Å². The monoisotopic (exact) mass is 262 g/mol. The molecule has 0 bridgehead atoms. The minimum Gasteiger partial charge on any atom is -0.478 e. The molecule has 0 saturated carbocycles. The molecule has 0 saturated heterocycles. The number of ether oxygens (including phenoxy) is 1. The highest BCUT2D eigenvalue weighted by Gasteiger charge is 2.24. The molecule has 0 unspecified atom stereocenters. The van der Waals surface area contributed by atoms with Crippen molar-refractivity contribution in [3.8, 4) is 0 Å². The number of benzene rings is 1. The number of methoxy groups -OCH3 is 1. The number of carboxylic acid groups (broad SMARTS) is 1. The molecule has 0 fully saturated rings. The minimum absolute atomic E-state index is 0.0133. The lowest BCUT2D eigenvalue weighted by atomic mass is 9.92. The van der Waals surface area contributed by atoms with E-state index in [1.165, 1.54) is 7.11 Å². The van der Waals surface area contributed by atoms with Gasteiger partial charge in [-0.2, -0.15) is 0 Å². The fourth-order valence-corrected chi connectivity index (χ4v) is 1.96. The van der Waals surface area contributed by atoms with Gasteiger partial charge >= 0.3 is 11.9 Å². The van der Waals surface area contributed by atoms with Crippen LogP contribution in [-0.2, 0) is 4.74 Å². The second kappa shape index (κ2) is 5.69. The highest BCUT2D eigenvalue weighted by Crippen LogP contribution is 2.25. The number of aryl methyl sites for hydroxylation is 1. The summed E-state index contributed by atoms with van der Waals surface area (Å²) in [6.07, 6.45) is 1.78. The van der Waals surface area contributed by atoms with Crippen LogP contribution in [0, 0.1) is 13.8 Å². The Morgan fingerprint density at radius 1 is 1.21 bits per heavy atom. The van der Waals surface area contributed by atoms with Crippen LogP contribution in [0.5, 0.6) is 0 Å². The molecule has 0 amide bonds. The van der Waals surface area contributed by atoms with Crippen molar-refractivity contribution in [2.24, 2.45) is 0 Å². The zero-order chi connectivity index (χ0) is 14.7. The van der Waals surface area contributed by atoms with Gasteiger partial charge in [0.25, 0.3) is 0 Å². The van der Waals surface area contributed by atoms with Crippen molar-refractivity contribution in [3.63, 3.8) is 0 Å². The molecular formula is C15H18O4. The van der Waals surface area contributed by atoms with Crippen LogP contribution in [0.25, 0.3) is 6.08 Å². The molecule has 1 aromatic carbocycles. The van der Waals surface area contributed by atoms with Crippen LogP contribution in [0.15, 0.2) is 11.6 Å². The smallest absolute Gasteiger partial charge is 0.339 e. The third kappa shape index (κ3) is 3.02. The lowest BCUT2D eigenvalue weighted by Gasteiger charge is -2.14. The molecule has 4 nitrogen and oxygen atoms in total. The van der Waals surface area contributed by atoms with E-state index >= 15 is 0 Å². The van der Waals surface area contributed by atoms with E-state index in [1.54, 1.807) is 19.1 Å². The summed E-state index contributed by atoms with van der Waals surface area (Å²) in [7, 11) is 1.25. The lowest BCUT2D eigenvalue weighted by molar-refractivity contribution is 0.0582. The zero-order valence-corrected chi connectivity index (χ0v) is 11.8. The van der Waals surface area contributed by atoms with E-state index in [4.69, 9.17) is 4.74 Å². The quantitative estimate of drug-likeness (QED) is 0.849. The van der Waals surface area contributed by atoms with Crippen LogP contribution in [0.2, 0.25) is 0 Å². The number of hydrogen-bond acceptors (Lipinski definition) is 3. The van der Waals surface area contributed by atoms with Gasteiger partial charge in [0, 0.05) is 0 Å². The SMILES string of the molecule is COC(=O)c1c(C=C(C)C)cc(C)c(C)c1C(=O)O. The fourth-order valence-electron chi connectivity index (χ4n) is 1.96. The largest absolute Gasteiger partial charge is 0.478 e. The van der Waals surface area contributed by atoms with Gasteiger partial charge in [-0.25, -0.2) is 9.59 Å². The standard InChI is InChI=1S/C15H18O4/c1-8(2)6-11-7-9(3)10(4)12(14(16)17)13(11)15(18)19-5/h6-7H,1-5H3,(H,16,17). The molecule has 0 spiro atoms. The lowest BCUT2D eigenvalue weighted by Crippen LogP contribution is -2.15. The van der Waals surface area contributed by atoms with Crippen LogP contribution < -0.4 is 0 Å². The molecule has 4 heteroatoms. The number of aromatic carboxylic acids is 1. The van der Waals surface area contributed by atoms with Gasteiger partial charge in [-0.15, -0.1) is 0 Å². The topological polar surface area (TPSA) is 63.6 Å². The predicted molar refractivity (Wildman–Crippen MR) is 73.5 cm³/mol. The Labute approximate surface area is 112 Å². The molecule has 1 rings (SSSR count). The maximum atomic E-state index is 11.9. The second-order valence-electron chi connectivity index (χ2n) is 4.68. The maximum Gasteiger partial charge on any atom is 0.339 e. The Balaban J connectivity index is 3.78. The predicted octanol–water partition coefficient (Wildman–Crippen LogP) is 3.21. The number of hydrogen-bond donors (Lipinski definition) is 1. The summed E-state index contributed by atoms with van der Waals surface area (Å²) in [5.41, 5.74) is 3.09. The number of allylic oxidation sites excluding steroid dienone is 1. The number of carbonyl (C=O) groups is 2. The van der Waals surface area contributed by atoms with E-state index in [1.807, 2.05) is 20.8 Å². The van der Waals surface area contributed by atoms with Crippen LogP contribution in [-0.4, -0.2) is 24.2 Å². The molecule has 0 aromatic heterocycles. The zero-order valence-electron chi connectivity index (χ0n) is 11.8. The van der Waals surface area contributed by atoms with Crippen LogP contribution in [0.3, 0.4) is 0 Å². The Bertz CT molecular complexity index is 564. The summed E-state index contributed by atoms with van der Waals surface area (Å²) in [4.78, 5) is 23.3. The Morgan fingerprint density at radius 3 is 2.21 bits per heavy atom. The van der Waals surface area contributed by atoms with Gasteiger partial charge in [-0.1, -0.05) is 17.7 Å². The average Bonchev–Trinajstić information content (AvgIpc) is 2.31. The molecule has 102 valence electrons.